The molecule has 0 bridgehead atoms. The van der Waals surface area contributed by atoms with Gasteiger partial charge in [-0.3, -0.25) is 0 Å². The molecule has 0 amide bonds. The predicted octanol–water partition coefficient (Wildman–Crippen LogP) is 1.84. The van der Waals surface area contributed by atoms with E-state index in [1.54, 1.807) is 0 Å². The van der Waals surface area contributed by atoms with Gasteiger partial charge in [-0.1, -0.05) is 0 Å². The van der Waals surface area contributed by atoms with Crippen molar-refractivity contribution in [2.24, 2.45) is 0 Å². The Bertz CT molecular complexity index is 469. The van der Waals surface area contributed by atoms with E-state index in [9.17, 15) is 9.90 Å². The van der Waals surface area contributed by atoms with Crippen LogP contribution in [0, 0.1) is 0 Å². The highest BCUT2D eigenvalue weighted by Gasteiger charge is 2.08. The van der Waals surface area contributed by atoms with Gasteiger partial charge in [-0.05, 0) is 18.2 Å². The molecule has 0 radical (unpaired) electrons. The van der Waals surface area contributed by atoms with E-state index in [1.165, 1.54) is 24.5 Å². The van der Waals surface area contributed by atoms with Crippen LogP contribution >= 0.6 is 0 Å². The van der Waals surface area contributed by atoms with Crippen molar-refractivity contribution in [3.8, 4) is 5.75 Å². The predicted molar refractivity (Wildman–Crippen MR) is 44.8 cm³/mol. The number of aromatic hydroxyl groups is 1. The molecular formula is C9H6O4. The molecule has 1 aromatic carbocycles. The van der Waals surface area contributed by atoms with Gasteiger partial charge in [0.25, 0.3) is 0 Å². The number of hydrogen-bond donors (Lipinski definition) is 2. The largest absolute Gasteiger partial charge is 0.504 e. The monoisotopic (exact) mass is 178 g/mol. The molecule has 0 saturated carbocycles. The minimum atomic E-state index is -1.03. The Kier molecular flexibility index (Phi) is 1.48. The van der Waals surface area contributed by atoms with Crippen LogP contribution in [0.15, 0.2) is 28.9 Å². The van der Waals surface area contributed by atoms with Gasteiger partial charge in [0.15, 0.2) is 5.75 Å². The lowest BCUT2D eigenvalue weighted by Crippen LogP contribution is -1.94. The Morgan fingerprint density at radius 3 is 2.85 bits per heavy atom. The summed E-state index contributed by atoms with van der Waals surface area (Å²) in [6.45, 7) is 0. The Morgan fingerprint density at radius 2 is 2.15 bits per heavy atom. The molecule has 2 aromatic rings. The van der Waals surface area contributed by atoms with Gasteiger partial charge in [-0.15, -0.1) is 0 Å². The quantitative estimate of drug-likeness (QED) is 0.698. The Morgan fingerprint density at radius 1 is 1.38 bits per heavy atom. The molecule has 13 heavy (non-hydrogen) atoms. The van der Waals surface area contributed by atoms with Crippen LogP contribution in [-0.4, -0.2) is 16.2 Å². The van der Waals surface area contributed by atoms with Crippen LogP contribution in [0.2, 0.25) is 0 Å². The fourth-order valence-corrected chi connectivity index (χ4v) is 1.15. The SMILES string of the molecule is O=C(O)c1ccc2occ(O)c2c1. The highest BCUT2D eigenvalue weighted by Crippen LogP contribution is 2.27. The van der Waals surface area contributed by atoms with Crippen molar-refractivity contribution in [3.05, 3.63) is 30.0 Å². The summed E-state index contributed by atoms with van der Waals surface area (Å²) >= 11 is 0. The summed E-state index contributed by atoms with van der Waals surface area (Å²) in [5, 5.41) is 18.3. The summed E-state index contributed by atoms with van der Waals surface area (Å²) in [5.41, 5.74) is 0.603. The van der Waals surface area contributed by atoms with E-state index in [0.717, 1.165) is 0 Å². The van der Waals surface area contributed by atoms with E-state index in [0.29, 0.717) is 11.0 Å². The molecule has 4 heteroatoms. The highest BCUT2D eigenvalue weighted by atomic mass is 16.4. The van der Waals surface area contributed by atoms with E-state index in [1.807, 2.05) is 0 Å². The normalized spacial score (nSPS) is 10.5. The Hall–Kier alpha value is -1.97. The molecule has 1 heterocycles. The summed E-state index contributed by atoms with van der Waals surface area (Å²) in [5.74, 6) is -1.07. The van der Waals surface area contributed by atoms with Gasteiger partial charge in [0.05, 0.1) is 10.9 Å². The van der Waals surface area contributed by atoms with Gasteiger partial charge >= 0.3 is 5.97 Å². The first kappa shape index (κ1) is 7.67. The molecule has 0 aliphatic carbocycles. The Balaban J connectivity index is 2.72. The lowest BCUT2D eigenvalue weighted by Gasteiger charge is -1.93. The van der Waals surface area contributed by atoms with Crippen LogP contribution in [0.4, 0.5) is 0 Å². The van der Waals surface area contributed by atoms with Gasteiger partial charge in [0.2, 0.25) is 0 Å². The van der Waals surface area contributed by atoms with E-state index < -0.39 is 5.97 Å². The molecule has 4 nitrogen and oxygen atoms in total. The number of carboxylic acid groups (broad SMARTS) is 1. The molecule has 0 aliphatic heterocycles. The van der Waals surface area contributed by atoms with Crippen LogP contribution in [0.3, 0.4) is 0 Å². The van der Waals surface area contributed by atoms with E-state index in [4.69, 9.17) is 9.52 Å². The number of fused-ring (bicyclic) bond motifs is 1. The molecule has 1 aromatic heterocycles. The van der Waals surface area contributed by atoms with Gasteiger partial charge in [0, 0.05) is 0 Å². The number of furan rings is 1. The first-order chi connectivity index (χ1) is 6.18. The molecule has 0 aliphatic rings. The van der Waals surface area contributed by atoms with Gasteiger partial charge in [-0.25, -0.2) is 4.79 Å². The first-order valence-corrected chi connectivity index (χ1v) is 3.62. The molecule has 0 unspecified atom stereocenters. The third kappa shape index (κ3) is 1.12. The standard InChI is InChI=1S/C9H6O4/c10-7-4-13-8-2-1-5(9(11)12)3-6(7)8/h1-4,10H,(H,11,12). The van der Waals surface area contributed by atoms with Crippen molar-refractivity contribution in [2.45, 2.75) is 0 Å². The van der Waals surface area contributed by atoms with Gasteiger partial charge in [-0.2, -0.15) is 0 Å². The number of benzene rings is 1. The average Bonchev–Trinajstić information content (AvgIpc) is 2.47. The van der Waals surface area contributed by atoms with E-state index in [-0.39, 0.29) is 11.3 Å². The second-order valence-electron chi connectivity index (χ2n) is 2.64. The molecule has 0 fully saturated rings. The summed E-state index contributed by atoms with van der Waals surface area (Å²) in [6, 6.07) is 4.31. The van der Waals surface area contributed by atoms with Crippen molar-refractivity contribution >= 4 is 16.9 Å². The molecule has 66 valence electrons. The second kappa shape index (κ2) is 2.52. The van der Waals surface area contributed by atoms with Crippen molar-refractivity contribution in [3.63, 3.8) is 0 Å². The minimum Gasteiger partial charge on any atom is -0.504 e. The van der Waals surface area contributed by atoms with E-state index >= 15 is 0 Å². The first-order valence-electron chi connectivity index (χ1n) is 3.62. The fraction of sp³-hybridized carbons (Fsp3) is 0. The second-order valence-corrected chi connectivity index (χ2v) is 2.64. The van der Waals surface area contributed by atoms with Crippen LogP contribution in [0.25, 0.3) is 11.0 Å². The Labute approximate surface area is 73.0 Å². The summed E-state index contributed by atoms with van der Waals surface area (Å²) in [4.78, 5) is 10.6. The molecule has 0 spiro atoms. The number of carboxylic acids is 1. The van der Waals surface area contributed by atoms with Gasteiger partial charge < -0.3 is 14.6 Å². The zero-order valence-corrected chi connectivity index (χ0v) is 6.52. The molecule has 0 atom stereocenters. The van der Waals surface area contributed by atoms with Crippen LogP contribution < -0.4 is 0 Å². The van der Waals surface area contributed by atoms with Crippen LogP contribution in [-0.2, 0) is 0 Å². The third-order valence-corrected chi connectivity index (χ3v) is 1.80. The number of hydrogen-bond acceptors (Lipinski definition) is 3. The zero-order chi connectivity index (χ0) is 9.42. The molecule has 2 rings (SSSR count). The van der Waals surface area contributed by atoms with Crippen molar-refractivity contribution < 1.29 is 19.4 Å². The maximum Gasteiger partial charge on any atom is 0.335 e. The maximum absolute atomic E-state index is 10.6. The third-order valence-electron chi connectivity index (χ3n) is 1.80. The van der Waals surface area contributed by atoms with Crippen molar-refractivity contribution in [2.75, 3.05) is 0 Å². The summed E-state index contributed by atoms with van der Waals surface area (Å²) in [6.07, 6.45) is 1.18. The molecule has 2 N–H and O–H groups in total. The number of carbonyl (C=O) groups is 1. The van der Waals surface area contributed by atoms with Crippen molar-refractivity contribution in [1.29, 1.82) is 0 Å². The number of rotatable bonds is 1. The van der Waals surface area contributed by atoms with Crippen molar-refractivity contribution in [1.82, 2.24) is 0 Å². The van der Waals surface area contributed by atoms with E-state index in [2.05, 4.69) is 0 Å². The minimum absolute atomic E-state index is 0.0434. The lowest BCUT2D eigenvalue weighted by atomic mass is 10.1. The smallest absolute Gasteiger partial charge is 0.335 e. The van der Waals surface area contributed by atoms with Crippen LogP contribution in [0.5, 0.6) is 5.75 Å². The summed E-state index contributed by atoms with van der Waals surface area (Å²) < 4.78 is 4.94. The topological polar surface area (TPSA) is 70.7 Å². The lowest BCUT2D eigenvalue weighted by molar-refractivity contribution is 0.0697. The highest BCUT2D eigenvalue weighted by molar-refractivity contribution is 5.94. The van der Waals surface area contributed by atoms with Gasteiger partial charge in [0.1, 0.15) is 11.8 Å². The molecule has 0 saturated heterocycles. The fourth-order valence-electron chi connectivity index (χ4n) is 1.15. The average molecular weight is 178 g/mol. The maximum atomic E-state index is 10.6. The zero-order valence-electron chi connectivity index (χ0n) is 6.52. The van der Waals surface area contributed by atoms with Crippen LogP contribution in [0.1, 0.15) is 10.4 Å². The molecular weight excluding hydrogens is 172 g/mol. The summed E-state index contributed by atoms with van der Waals surface area (Å²) in [7, 11) is 0. The number of aromatic carboxylic acids is 1.